The lowest BCUT2D eigenvalue weighted by Gasteiger charge is -2.18. The van der Waals surface area contributed by atoms with Crippen LogP contribution in [-0.2, 0) is 0 Å². The topological polar surface area (TPSA) is 47.0 Å². The van der Waals surface area contributed by atoms with Crippen LogP contribution in [0.5, 0.6) is 5.75 Å². The Hall–Kier alpha value is -1.94. The molecule has 4 nitrogen and oxygen atoms in total. The number of ether oxygens (including phenoxy) is 1. The van der Waals surface area contributed by atoms with Crippen molar-refractivity contribution in [3.05, 3.63) is 53.6 Å². The molecule has 1 N–H and O–H groups in total. The molecule has 100 valence electrons. The summed E-state index contributed by atoms with van der Waals surface area (Å²) >= 11 is 0. The van der Waals surface area contributed by atoms with E-state index in [-0.39, 0.29) is 6.04 Å². The molecule has 0 amide bonds. The average Bonchev–Trinajstić information content (AvgIpc) is 2.45. The normalized spacial score (nSPS) is 12.2. The van der Waals surface area contributed by atoms with Gasteiger partial charge in [-0.05, 0) is 42.8 Å². The molecule has 0 radical (unpaired) electrons. The molecule has 0 bridgehead atoms. The Kier molecular flexibility index (Phi) is 4.47. The predicted molar refractivity (Wildman–Crippen MR) is 75.3 cm³/mol. The second kappa shape index (κ2) is 6.29. The van der Waals surface area contributed by atoms with Crippen LogP contribution in [0.25, 0.3) is 0 Å². The van der Waals surface area contributed by atoms with E-state index in [0.717, 1.165) is 23.6 Å². The Bertz CT molecular complexity index is 542. The van der Waals surface area contributed by atoms with Crippen molar-refractivity contribution < 1.29 is 4.74 Å². The van der Waals surface area contributed by atoms with Gasteiger partial charge in [0.15, 0.2) is 0 Å². The molecule has 0 saturated heterocycles. The molecule has 19 heavy (non-hydrogen) atoms. The first kappa shape index (κ1) is 13.5. The lowest BCUT2D eigenvalue weighted by Crippen LogP contribution is -2.23. The fourth-order valence-electron chi connectivity index (χ4n) is 2.02. The Balaban J connectivity index is 2.38. The summed E-state index contributed by atoms with van der Waals surface area (Å²) in [5, 5.41) is 3.44. The Morgan fingerprint density at radius 3 is 2.84 bits per heavy atom. The van der Waals surface area contributed by atoms with Crippen LogP contribution in [0.3, 0.4) is 0 Å². The zero-order valence-corrected chi connectivity index (χ0v) is 11.6. The number of aryl methyl sites for hydroxylation is 1. The second-order valence-electron chi connectivity index (χ2n) is 4.41. The fraction of sp³-hybridized carbons (Fsp3) is 0.333. The van der Waals surface area contributed by atoms with Crippen molar-refractivity contribution >= 4 is 0 Å². The highest BCUT2D eigenvalue weighted by Gasteiger charge is 2.15. The number of hydrogen-bond acceptors (Lipinski definition) is 4. The van der Waals surface area contributed by atoms with E-state index >= 15 is 0 Å². The number of nitrogens with zero attached hydrogens (tertiary/aromatic N) is 2. The van der Waals surface area contributed by atoms with Crippen LogP contribution in [0.1, 0.15) is 29.8 Å². The lowest BCUT2D eigenvalue weighted by molar-refractivity contribution is 0.411. The molecule has 0 spiro atoms. The summed E-state index contributed by atoms with van der Waals surface area (Å²) in [6.07, 6.45) is 5.39. The highest BCUT2D eigenvalue weighted by molar-refractivity contribution is 5.32. The van der Waals surface area contributed by atoms with Crippen LogP contribution in [0.4, 0.5) is 0 Å². The van der Waals surface area contributed by atoms with E-state index in [1.165, 1.54) is 5.56 Å². The quantitative estimate of drug-likeness (QED) is 0.894. The van der Waals surface area contributed by atoms with Gasteiger partial charge in [0.1, 0.15) is 5.75 Å². The van der Waals surface area contributed by atoms with E-state index in [2.05, 4.69) is 35.2 Å². The molecule has 2 rings (SSSR count). The van der Waals surface area contributed by atoms with Crippen molar-refractivity contribution in [2.45, 2.75) is 19.9 Å². The van der Waals surface area contributed by atoms with Gasteiger partial charge in [-0.2, -0.15) is 0 Å². The number of aromatic nitrogens is 2. The van der Waals surface area contributed by atoms with Gasteiger partial charge in [0.25, 0.3) is 0 Å². The smallest absolute Gasteiger partial charge is 0.137 e. The van der Waals surface area contributed by atoms with Gasteiger partial charge in [-0.3, -0.25) is 9.97 Å². The van der Waals surface area contributed by atoms with E-state index in [4.69, 9.17) is 4.74 Å². The number of rotatable bonds is 5. The van der Waals surface area contributed by atoms with Crippen LogP contribution in [0.15, 0.2) is 36.8 Å². The molecule has 0 aromatic carbocycles. The van der Waals surface area contributed by atoms with E-state index in [0.29, 0.717) is 0 Å². The van der Waals surface area contributed by atoms with Gasteiger partial charge in [-0.1, -0.05) is 6.92 Å². The largest absolute Gasteiger partial charge is 0.495 e. The molecule has 1 unspecified atom stereocenters. The molecule has 0 fully saturated rings. The monoisotopic (exact) mass is 257 g/mol. The van der Waals surface area contributed by atoms with Gasteiger partial charge in [0.05, 0.1) is 25.0 Å². The molecule has 0 aliphatic heterocycles. The van der Waals surface area contributed by atoms with Crippen molar-refractivity contribution in [2.24, 2.45) is 0 Å². The molecule has 1 atom stereocenters. The average molecular weight is 257 g/mol. The Morgan fingerprint density at radius 1 is 1.32 bits per heavy atom. The Labute approximate surface area is 113 Å². The number of nitrogens with one attached hydrogen (secondary N) is 1. The minimum absolute atomic E-state index is 0.0347. The molecule has 2 aromatic rings. The number of hydrogen-bond donors (Lipinski definition) is 1. The van der Waals surface area contributed by atoms with Crippen LogP contribution < -0.4 is 10.1 Å². The van der Waals surface area contributed by atoms with Crippen molar-refractivity contribution in [3.63, 3.8) is 0 Å². The summed E-state index contributed by atoms with van der Waals surface area (Å²) in [5.41, 5.74) is 3.25. The summed E-state index contributed by atoms with van der Waals surface area (Å²) < 4.78 is 5.23. The van der Waals surface area contributed by atoms with Gasteiger partial charge in [-0.15, -0.1) is 0 Å². The third-order valence-electron chi connectivity index (χ3n) is 2.94. The van der Waals surface area contributed by atoms with Gasteiger partial charge in [-0.25, -0.2) is 0 Å². The summed E-state index contributed by atoms with van der Waals surface area (Å²) in [7, 11) is 1.65. The van der Waals surface area contributed by atoms with Crippen LogP contribution in [-0.4, -0.2) is 23.6 Å². The molecule has 0 aliphatic rings. The molecule has 2 heterocycles. The van der Waals surface area contributed by atoms with Crippen LogP contribution in [0, 0.1) is 6.92 Å². The van der Waals surface area contributed by atoms with Crippen LogP contribution in [0.2, 0.25) is 0 Å². The summed E-state index contributed by atoms with van der Waals surface area (Å²) in [4.78, 5) is 8.67. The lowest BCUT2D eigenvalue weighted by atomic mass is 10.0. The maximum absolute atomic E-state index is 5.23. The zero-order chi connectivity index (χ0) is 13.7. The SMILES string of the molecule is CCNC(c1cncc(OC)c1)c1cc(C)ccn1. The summed E-state index contributed by atoms with van der Waals surface area (Å²) in [6, 6.07) is 6.11. The molecular weight excluding hydrogens is 238 g/mol. The first-order valence-electron chi connectivity index (χ1n) is 6.39. The van der Waals surface area contributed by atoms with E-state index in [9.17, 15) is 0 Å². The third kappa shape index (κ3) is 3.29. The zero-order valence-electron chi connectivity index (χ0n) is 11.6. The first-order chi connectivity index (χ1) is 9.24. The van der Waals surface area contributed by atoms with Gasteiger partial charge >= 0.3 is 0 Å². The molecule has 2 aromatic heterocycles. The van der Waals surface area contributed by atoms with Crippen molar-refractivity contribution in [1.29, 1.82) is 0 Å². The van der Waals surface area contributed by atoms with E-state index in [1.54, 1.807) is 13.3 Å². The number of methoxy groups -OCH3 is 1. The minimum atomic E-state index is 0.0347. The van der Waals surface area contributed by atoms with Crippen molar-refractivity contribution in [1.82, 2.24) is 15.3 Å². The molecular formula is C15H19N3O. The van der Waals surface area contributed by atoms with E-state index in [1.807, 2.05) is 24.5 Å². The third-order valence-corrected chi connectivity index (χ3v) is 2.94. The van der Waals surface area contributed by atoms with Crippen molar-refractivity contribution in [2.75, 3.05) is 13.7 Å². The standard InChI is InChI=1S/C15H19N3O/c1-4-17-15(14-7-11(2)5-6-18-14)12-8-13(19-3)10-16-9-12/h5-10,15,17H,4H2,1-3H3. The van der Waals surface area contributed by atoms with Gasteiger partial charge in [0, 0.05) is 12.4 Å². The predicted octanol–water partition coefficient (Wildman–Crippen LogP) is 2.49. The fourth-order valence-corrected chi connectivity index (χ4v) is 2.02. The summed E-state index contributed by atoms with van der Waals surface area (Å²) in [6.45, 7) is 5.01. The maximum atomic E-state index is 5.23. The van der Waals surface area contributed by atoms with Crippen molar-refractivity contribution in [3.8, 4) is 5.75 Å². The Morgan fingerprint density at radius 2 is 2.16 bits per heavy atom. The highest BCUT2D eigenvalue weighted by Crippen LogP contribution is 2.23. The second-order valence-corrected chi connectivity index (χ2v) is 4.41. The van der Waals surface area contributed by atoms with E-state index < -0.39 is 0 Å². The minimum Gasteiger partial charge on any atom is -0.495 e. The van der Waals surface area contributed by atoms with Gasteiger partial charge < -0.3 is 10.1 Å². The van der Waals surface area contributed by atoms with Crippen LogP contribution >= 0.6 is 0 Å². The van der Waals surface area contributed by atoms with Gasteiger partial charge in [0.2, 0.25) is 0 Å². The molecule has 4 heteroatoms. The summed E-state index contributed by atoms with van der Waals surface area (Å²) in [5.74, 6) is 0.757. The molecule has 0 saturated carbocycles. The number of pyridine rings is 2. The molecule has 0 aliphatic carbocycles. The highest BCUT2D eigenvalue weighted by atomic mass is 16.5. The first-order valence-corrected chi connectivity index (χ1v) is 6.39. The maximum Gasteiger partial charge on any atom is 0.137 e.